The van der Waals surface area contributed by atoms with Crippen molar-refractivity contribution >= 4 is 35.4 Å². The summed E-state index contributed by atoms with van der Waals surface area (Å²) >= 11 is 1.19. The molecule has 0 unspecified atom stereocenters. The standard InChI is InChI=1S/C15H16N2O7S/c1-22-14(20)11-10-12(19)9(7-8(18)13(10)24-17-11)25-6-4-3-5-16-15(21)23-2/h7H,3-6H2,1-2H3,(H,16,21). The molecular weight excluding hydrogens is 352 g/mol. The molecule has 0 saturated heterocycles. The number of methoxy groups -OCH3 is 2. The fraction of sp³-hybridized carbons (Fsp3) is 0.400. The summed E-state index contributed by atoms with van der Waals surface area (Å²) in [6, 6.07) is 0. The zero-order chi connectivity index (χ0) is 18.4. The van der Waals surface area contributed by atoms with Crippen molar-refractivity contribution in [1.82, 2.24) is 10.5 Å². The second-order valence-corrected chi connectivity index (χ2v) is 6.04. The molecular formula is C15H16N2O7S. The molecule has 9 nitrogen and oxygen atoms in total. The van der Waals surface area contributed by atoms with Crippen LogP contribution in [0.5, 0.6) is 0 Å². The van der Waals surface area contributed by atoms with E-state index in [2.05, 4.69) is 19.9 Å². The molecule has 0 aromatic carbocycles. The Hall–Kier alpha value is -2.62. The summed E-state index contributed by atoms with van der Waals surface area (Å²) < 4.78 is 13.8. The Morgan fingerprint density at radius 1 is 1.24 bits per heavy atom. The number of esters is 1. The number of Topliss-reactive ketones (excluding diaryl/α,β-unsaturated/α-hetero) is 1. The minimum Gasteiger partial charge on any atom is -0.464 e. The monoisotopic (exact) mass is 368 g/mol. The molecule has 1 aliphatic rings. The number of aromatic nitrogens is 1. The third-order valence-electron chi connectivity index (χ3n) is 3.29. The van der Waals surface area contributed by atoms with Gasteiger partial charge in [-0.25, -0.2) is 9.59 Å². The molecule has 1 aliphatic carbocycles. The van der Waals surface area contributed by atoms with E-state index in [0.717, 1.165) is 7.11 Å². The number of nitrogens with one attached hydrogen (secondary N) is 1. The maximum Gasteiger partial charge on any atom is 0.406 e. The van der Waals surface area contributed by atoms with Crippen LogP contribution in [-0.4, -0.2) is 55.3 Å². The SMILES string of the molecule is COC(=O)NCCCCSC1=CC(=O)c2onc(C(=O)OC)c2C1=O. The lowest BCUT2D eigenvalue weighted by atomic mass is 10.00. The van der Waals surface area contributed by atoms with E-state index >= 15 is 0 Å². The van der Waals surface area contributed by atoms with E-state index in [0.29, 0.717) is 25.1 Å². The molecule has 1 heterocycles. The first-order chi connectivity index (χ1) is 12.0. The minimum absolute atomic E-state index is 0.158. The van der Waals surface area contributed by atoms with Crippen LogP contribution in [0.1, 0.15) is 44.2 Å². The average molecular weight is 368 g/mol. The van der Waals surface area contributed by atoms with Gasteiger partial charge in [0.1, 0.15) is 5.56 Å². The Labute approximate surface area is 147 Å². The topological polar surface area (TPSA) is 125 Å². The second-order valence-electron chi connectivity index (χ2n) is 4.90. The second kappa shape index (κ2) is 8.47. The van der Waals surface area contributed by atoms with Crippen molar-refractivity contribution in [2.24, 2.45) is 0 Å². The van der Waals surface area contributed by atoms with Crippen LogP contribution in [0.3, 0.4) is 0 Å². The molecule has 0 spiro atoms. The van der Waals surface area contributed by atoms with Crippen LogP contribution in [0.4, 0.5) is 4.79 Å². The van der Waals surface area contributed by atoms with Crippen LogP contribution in [-0.2, 0) is 9.47 Å². The number of amides is 1. The quantitative estimate of drug-likeness (QED) is 0.564. The van der Waals surface area contributed by atoms with Crippen molar-refractivity contribution in [3.63, 3.8) is 0 Å². The lowest BCUT2D eigenvalue weighted by Gasteiger charge is -2.10. The van der Waals surface area contributed by atoms with E-state index in [-0.39, 0.29) is 21.9 Å². The number of alkyl carbamates (subject to hydrolysis) is 1. The highest BCUT2D eigenvalue weighted by molar-refractivity contribution is 8.04. The van der Waals surface area contributed by atoms with Gasteiger partial charge in [0.25, 0.3) is 0 Å². The number of hydrogen-bond donors (Lipinski definition) is 1. The zero-order valence-corrected chi connectivity index (χ0v) is 14.4. The molecule has 0 radical (unpaired) electrons. The highest BCUT2D eigenvalue weighted by Gasteiger charge is 2.36. The number of nitrogens with zero attached hydrogens (tertiary/aromatic N) is 1. The van der Waals surface area contributed by atoms with E-state index in [1.165, 1.54) is 24.9 Å². The largest absolute Gasteiger partial charge is 0.464 e. The molecule has 25 heavy (non-hydrogen) atoms. The van der Waals surface area contributed by atoms with Gasteiger partial charge >= 0.3 is 12.1 Å². The smallest absolute Gasteiger partial charge is 0.406 e. The minimum atomic E-state index is -0.841. The fourth-order valence-electron chi connectivity index (χ4n) is 2.06. The molecule has 1 amide bonds. The fourth-order valence-corrected chi connectivity index (χ4v) is 3.05. The van der Waals surface area contributed by atoms with Gasteiger partial charge in [0, 0.05) is 12.6 Å². The molecule has 1 N–H and O–H groups in total. The van der Waals surface area contributed by atoms with Gasteiger partial charge in [-0.05, 0) is 18.6 Å². The van der Waals surface area contributed by atoms with Gasteiger partial charge in [-0.1, -0.05) is 5.16 Å². The Balaban J connectivity index is 1.94. The molecule has 0 bridgehead atoms. The van der Waals surface area contributed by atoms with Crippen LogP contribution in [0.2, 0.25) is 0 Å². The van der Waals surface area contributed by atoms with Gasteiger partial charge in [0.2, 0.25) is 23.0 Å². The van der Waals surface area contributed by atoms with Crippen molar-refractivity contribution in [3.8, 4) is 0 Å². The first kappa shape index (κ1) is 18.7. The van der Waals surface area contributed by atoms with Crippen LogP contribution in [0, 0.1) is 0 Å². The molecule has 1 aromatic heterocycles. The van der Waals surface area contributed by atoms with Gasteiger partial charge in [0.15, 0.2) is 0 Å². The molecule has 0 saturated carbocycles. The van der Waals surface area contributed by atoms with Crippen LogP contribution >= 0.6 is 11.8 Å². The van der Waals surface area contributed by atoms with E-state index in [4.69, 9.17) is 4.52 Å². The number of thioether (sulfide) groups is 1. The van der Waals surface area contributed by atoms with Gasteiger partial charge < -0.3 is 19.3 Å². The molecule has 10 heteroatoms. The number of fused-ring (bicyclic) bond motifs is 1. The molecule has 0 fully saturated rings. The summed E-state index contributed by atoms with van der Waals surface area (Å²) in [4.78, 5) is 47.3. The van der Waals surface area contributed by atoms with Crippen molar-refractivity contribution in [3.05, 3.63) is 28.0 Å². The van der Waals surface area contributed by atoms with Crippen molar-refractivity contribution < 1.29 is 33.2 Å². The third kappa shape index (κ3) is 4.27. The summed E-state index contributed by atoms with van der Waals surface area (Å²) in [5, 5.41) is 6.01. The maximum atomic E-state index is 12.5. The maximum absolute atomic E-state index is 12.5. The van der Waals surface area contributed by atoms with Crippen molar-refractivity contribution in [2.75, 3.05) is 26.5 Å². The summed E-state index contributed by atoms with van der Waals surface area (Å²) in [5.74, 6) is -1.55. The molecule has 134 valence electrons. The van der Waals surface area contributed by atoms with Crippen molar-refractivity contribution in [2.45, 2.75) is 12.8 Å². The molecule has 0 aliphatic heterocycles. The highest BCUT2D eigenvalue weighted by atomic mass is 32.2. The van der Waals surface area contributed by atoms with Crippen LogP contribution < -0.4 is 5.32 Å². The van der Waals surface area contributed by atoms with Gasteiger partial charge in [0.05, 0.1) is 19.1 Å². The van der Waals surface area contributed by atoms with Gasteiger partial charge in [-0.3, -0.25) is 9.59 Å². The number of ketones is 2. The first-order valence-corrected chi connectivity index (χ1v) is 8.31. The first-order valence-electron chi connectivity index (χ1n) is 7.33. The van der Waals surface area contributed by atoms with Crippen LogP contribution in [0.25, 0.3) is 0 Å². The Morgan fingerprint density at radius 2 is 2.00 bits per heavy atom. The van der Waals surface area contributed by atoms with E-state index in [1.807, 2.05) is 0 Å². The summed E-state index contributed by atoms with van der Waals surface area (Å²) in [6.45, 7) is 0.446. The Morgan fingerprint density at radius 3 is 2.68 bits per heavy atom. The normalized spacial score (nSPS) is 13.1. The number of ether oxygens (including phenoxy) is 2. The number of allylic oxidation sites excluding steroid dienone is 2. The summed E-state index contributed by atoms with van der Waals surface area (Å²) in [6.07, 6.45) is 2.06. The van der Waals surface area contributed by atoms with E-state index in [1.54, 1.807) is 0 Å². The van der Waals surface area contributed by atoms with E-state index < -0.39 is 23.6 Å². The molecule has 2 rings (SSSR count). The number of carbonyl (C=O) groups is 4. The molecule has 1 aromatic rings. The van der Waals surface area contributed by atoms with Crippen molar-refractivity contribution in [1.29, 1.82) is 0 Å². The number of hydrogen-bond acceptors (Lipinski definition) is 9. The number of unbranched alkanes of at least 4 members (excludes halogenated alkanes) is 1. The predicted molar refractivity (Wildman–Crippen MR) is 86.7 cm³/mol. The lowest BCUT2D eigenvalue weighted by Crippen LogP contribution is -2.24. The Bertz CT molecular complexity index is 738. The highest BCUT2D eigenvalue weighted by Crippen LogP contribution is 2.31. The summed E-state index contributed by atoms with van der Waals surface area (Å²) in [7, 11) is 2.43. The van der Waals surface area contributed by atoms with Crippen LogP contribution in [0.15, 0.2) is 15.5 Å². The lowest BCUT2D eigenvalue weighted by molar-refractivity contribution is 0.0586. The number of carbonyl (C=O) groups excluding carboxylic acids is 4. The predicted octanol–water partition coefficient (Wildman–Crippen LogP) is 1.59. The zero-order valence-electron chi connectivity index (χ0n) is 13.6. The van der Waals surface area contributed by atoms with E-state index in [9.17, 15) is 19.2 Å². The number of rotatable bonds is 7. The average Bonchev–Trinajstić information content (AvgIpc) is 3.06. The van der Waals surface area contributed by atoms with Gasteiger partial charge in [-0.2, -0.15) is 0 Å². The van der Waals surface area contributed by atoms with Gasteiger partial charge in [-0.15, -0.1) is 11.8 Å². The Kier molecular flexibility index (Phi) is 6.34. The molecule has 0 atom stereocenters. The summed E-state index contributed by atoms with van der Waals surface area (Å²) in [5.41, 5.74) is -0.460. The third-order valence-corrected chi connectivity index (χ3v) is 4.40.